The fourth-order valence-corrected chi connectivity index (χ4v) is 4.35. The molecule has 1 aliphatic heterocycles. The molecule has 1 saturated heterocycles. The zero-order chi connectivity index (χ0) is 17.3. The Morgan fingerprint density at radius 1 is 1.46 bits per heavy atom. The van der Waals surface area contributed by atoms with Crippen LogP contribution >= 0.6 is 11.3 Å². The molecule has 24 heavy (non-hydrogen) atoms. The number of aromatic nitrogens is 3. The molecular weight excluding hydrogens is 322 g/mol. The molecule has 0 spiro atoms. The third-order valence-electron chi connectivity index (χ3n) is 4.74. The van der Waals surface area contributed by atoms with Gasteiger partial charge in [0.15, 0.2) is 5.13 Å². The zero-order valence-corrected chi connectivity index (χ0v) is 15.8. The van der Waals surface area contributed by atoms with Crippen LogP contribution < -0.4 is 4.90 Å². The molecule has 3 heterocycles. The van der Waals surface area contributed by atoms with Crippen molar-refractivity contribution in [1.29, 1.82) is 0 Å². The average molecular weight is 350 g/mol. The van der Waals surface area contributed by atoms with Crippen LogP contribution in [0, 0.1) is 12.8 Å². The summed E-state index contributed by atoms with van der Waals surface area (Å²) in [6.07, 6.45) is 5.32. The summed E-state index contributed by atoms with van der Waals surface area (Å²) >= 11 is 1.77. The van der Waals surface area contributed by atoms with Gasteiger partial charge in [-0.3, -0.25) is 4.90 Å². The lowest BCUT2D eigenvalue weighted by Gasteiger charge is -2.34. The van der Waals surface area contributed by atoms with Crippen molar-refractivity contribution in [3.05, 3.63) is 28.8 Å². The molecule has 0 amide bonds. The fourth-order valence-electron chi connectivity index (χ4n) is 3.32. The summed E-state index contributed by atoms with van der Waals surface area (Å²) in [6.45, 7) is 4.99. The molecule has 0 aromatic carbocycles. The molecule has 132 valence electrons. The molecule has 0 bridgehead atoms. The number of anilines is 1. The van der Waals surface area contributed by atoms with Gasteiger partial charge in [0.05, 0.1) is 5.69 Å². The lowest BCUT2D eigenvalue weighted by molar-refractivity contribution is 0.0407. The number of hydrogen-bond donors (Lipinski definition) is 1. The molecule has 0 aliphatic carbocycles. The summed E-state index contributed by atoms with van der Waals surface area (Å²) < 4.78 is 1.92. The number of piperidine rings is 1. The minimum atomic E-state index is -0.493. The molecule has 3 rings (SSSR count). The van der Waals surface area contributed by atoms with E-state index in [9.17, 15) is 5.11 Å². The zero-order valence-electron chi connectivity index (χ0n) is 14.9. The normalized spacial score (nSPS) is 20.3. The van der Waals surface area contributed by atoms with Gasteiger partial charge in [-0.15, -0.1) is 11.3 Å². The SMILES string of the molecule is Cc1nc(N(C)C)sc1CN1CCCC(C(O)c2nccn2C)C1. The number of aryl methyl sites for hydroxylation is 2. The first kappa shape index (κ1) is 17.4. The summed E-state index contributed by atoms with van der Waals surface area (Å²) in [5.74, 6) is 1.01. The van der Waals surface area contributed by atoms with Crippen LogP contribution in [0.15, 0.2) is 12.4 Å². The molecule has 2 aromatic heterocycles. The number of imidazole rings is 1. The molecule has 2 atom stereocenters. The number of rotatable bonds is 5. The molecule has 0 radical (unpaired) electrons. The van der Waals surface area contributed by atoms with Gasteiger partial charge in [-0.1, -0.05) is 0 Å². The maximum atomic E-state index is 10.7. The maximum Gasteiger partial charge on any atom is 0.185 e. The summed E-state index contributed by atoms with van der Waals surface area (Å²) in [6, 6.07) is 0. The Morgan fingerprint density at radius 2 is 2.25 bits per heavy atom. The van der Waals surface area contributed by atoms with Gasteiger partial charge >= 0.3 is 0 Å². The summed E-state index contributed by atoms with van der Waals surface area (Å²) in [5, 5.41) is 11.8. The van der Waals surface area contributed by atoms with Crippen LogP contribution in [0.4, 0.5) is 5.13 Å². The molecule has 0 saturated carbocycles. The van der Waals surface area contributed by atoms with E-state index in [-0.39, 0.29) is 5.92 Å². The lowest BCUT2D eigenvalue weighted by atomic mass is 9.92. The Hall–Kier alpha value is -1.44. The Morgan fingerprint density at radius 3 is 2.88 bits per heavy atom. The van der Waals surface area contributed by atoms with Crippen molar-refractivity contribution in [2.75, 3.05) is 32.1 Å². The van der Waals surface area contributed by atoms with E-state index in [0.717, 1.165) is 49.1 Å². The first-order valence-electron chi connectivity index (χ1n) is 8.47. The van der Waals surface area contributed by atoms with Crippen LogP contribution in [-0.4, -0.2) is 51.7 Å². The van der Waals surface area contributed by atoms with E-state index < -0.39 is 6.10 Å². The van der Waals surface area contributed by atoms with Gasteiger partial charge in [0.2, 0.25) is 0 Å². The second-order valence-electron chi connectivity index (χ2n) is 6.88. The van der Waals surface area contributed by atoms with Crippen molar-refractivity contribution in [2.45, 2.75) is 32.4 Å². The number of likely N-dealkylation sites (tertiary alicyclic amines) is 1. The number of aliphatic hydroxyl groups excluding tert-OH is 1. The van der Waals surface area contributed by atoms with Gasteiger partial charge in [-0.2, -0.15) is 0 Å². The lowest BCUT2D eigenvalue weighted by Crippen LogP contribution is -2.37. The highest BCUT2D eigenvalue weighted by Gasteiger charge is 2.29. The number of aliphatic hydroxyl groups is 1. The standard InChI is InChI=1S/C17H27N5OS/c1-12-14(24-17(19-12)20(2)3)11-22-8-5-6-13(10-22)15(23)16-18-7-9-21(16)4/h7,9,13,15,23H,5-6,8,10-11H2,1-4H3. The van der Waals surface area contributed by atoms with Gasteiger partial charge in [0.25, 0.3) is 0 Å². The first-order valence-corrected chi connectivity index (χ1v) is 9.28. The van der Waals surface area contributed by atoms with Crippen LogP contribution in [0.5, 0.6) is 0 Å². The van der Waals surface area contributed by atoms with Crippen LogP contribution in [0.1, 0.15) is 35.3 Å². The number of nitrogens with zero attached hydrogens (tertiary/aromatic N) is 5. The van der Waals surface area contributed by atoms with Crippen molar-refractivity contribution < 1.29 is 5.11 Å². The Balaban J connectivity index is 1.66. The van der Waals surface area contributed by atoms with Gasteiger partial charge in [0.1, 0.15) is 11.9 Å². The first-order chi connectivity index (χ1) is 11.5. The molecule has 2 unspecified atom stereocenters. The molecule has 6 nitrogen and oxygen atoms in total. The third-order valence-corrected chi connectivity index (χ3v) is 6.05. The van der Waals surface area contributed by atoms with Crippen molar-refractivity contribution in [3.8, 4) is 0 Å². The third kappa shape index (κ3) is 3.63. The number of hydrogen-bond acceptors (Lipinski definition) is 6. The molecule has 2 aromatic rings. The highest BCUT2D eigenvalue weighted by Crippen LogP contribution is 2.31. The van der Waals surface area contributed by atoms with Gasteiger partial charge in [0, 0.05) is 57.4 Å². The van der Waals surface area contributed by atoms with Crippen molar-refractivity contribution >= 4 is 16.5 Å². The van der Waals surface area contributed by atoms with E-state index in [1.165, 1.54) is 4.88 Å². The van der Waals surface area contributed by atoms with Crippen LogP contribution in [0.25, 0.3) is 0 Å². The predicted octanol–water partition coefficient (Wildman–Crippen LogP) is 2.20. The molecule has 1 fully saturated rings. The van der Waals surface area contributed by atoms with E-state index in [1.54, 1.807) is 17.5 Å². The summed E-state index contributed by atoms with van der Waals surface area (Å²) in [4.78, 5) is 14.8. The predicted molar refractivity (Wildman–Crippen MR) is 97.3 cm³/mol. The molecule has 7 heteroatoms. The Kier molecular flexibility index (Phi) is 5.22. The topological polar surface area (TPSA) is 57.4 Å². The van der Waals surface area contributed by atoms with Crippen LogP contribution in [-0.2, 0) is 13.6 Å². The minimum absolute atomic E-state index is 0.237. The fraction of sp³-hybridized carbons (Fsp3) is 0.647. The summed E-state index contributed by atoms with van der Waals surface area (Å²) in [7, 11) is 6.00. The van der Waals surface area contributed by atoms with E-state index >= 15 is 0 Å². The van der Waals surface area contributed by atoms with E-state index in [4.69, 9.17) is 0 Å². The van der Waals surface area contributed by atoms with Gasteiger partial charge in [-0.05, 0) is 26.3 Å². The second-order valence-corrected chi connectivity index (χ2v) is 7.94. The van der Waals surface area contributed by atoms with E-state index in [2.05, 4.69) is 26.7 Å². The minimum Gasteiger partial charge on any atom is -0.385 e. The quantitative estimate of drug-likeness (QED) is 0.897. The van der Waals surface area contributed by atoms with Gasteiger partial charge in [-0.25, -0.2) is 9.97 Å². The Bertz CT molecular complexity index is 680. The van der Waals surface area contributed by atoms with Crippen molar-refractivity contribution in [2.24, 2.45) is 13.0 Å². The molecule has 1 N–H and O–H groups in total. The van der Waals surface area contributed by atoms with Crippen LogP contribution in [0.3, 0.4) is 0 Å². The molecule has 1 aliphatic rings. The highest BCUT2D eigenvalue weighted by molar-refractivity contribution is 7.15. The number of thiazole rings is 1. The van der Waals surface area contributed by atoms with Crippen molar-refractivity contribution in [3.63, 3.8) is 0 Å². The summed E-state index contributed by atoms with van der Waals surface area (Å²) in [5.41, 5.74) is 1.12. The maximum absolute atomic E-state index is 10.7. The monoisotopic (exact) mass is 349 g/mol. The van der Waals surface area contributed by atoms with E-state index in [0.29, 0.717) is 0 Å². The largest absolute Gasteiger partial charge is 0.385 e. The van der Waals surface area contributed by atoms with Gasteiger partial charge < -0.3 is 14.6 Å². The van der Waals surface area contributed by atoms with Crippen molar-refractivity contribution in [1.82, 2.24) is 19.4 Å². The Labute approximate surface area is 147 Å². The molecular formula is C17H27N5OS. The van der Waals surface area contributed by atoms with E-state index in [1.807, 2.05) is 31.9 Å². The second kappa shape index (κ2) is 7.21. The average Bonchev–Trinajstić information content (AvgIpc) is 3.13. The highest BCUT2D eigenvalue weighted by atomic mass is 32.1. The van der Waals surface area contributed by atoms with Crippen LogP contribution in [0.2, 0.25) is 0 Å². The smallest absolute Gasteiger partial charge is 0.185 e.